The number of nitro groups is 1. The number of hydrogen-bond donors (Lipinski definition) is 0. The van der Waals surface area contributed by atoms with Crippen molar-refractivity contribution in [3.8, 4) is 0 Å². The summed E-state index contributed by atoms with van der Waals surface area (Å²) in [6.45, 7) is 0.920. The minimum Gasteiger partial charge on any atom is -0.469 e. The van der Waals surface area contributed by atoms with Gasteiger partial charge in [0.15, 0.2) is 0 Å². The number of imide groups is 1. The summed E-state index contributed by atoms with van der Waals surface area (Å²) < 4.78 is 4.72. The van der Waals surface area contributed by atoms with Crippen molar-refractivity contribution in [2.45, 2.75) is 25.7 Å². The van der Waals surface area contributed by atoms with Gasteiger partial charge in [0.1, 0.15) is 5.56 Å². The molecule has 0 aliphatic carbocycles. The molecule has 1 aromatic rings. The van der Waals surface area contributed by atoms with Crippen LogP contribution in [0.3, 0.4) is 0 Å². The largest absolute Gasteiger partial charge is 0.469 e. The van der Waals surface area contributed by atoms with Crippen molar-refractivity contribution in [3.05, 3.63) is 39.4 Å². The molecule has 2 aliphatic rings. The number of rotatable bonds is 6. The fourth-order valence-corrected chi connectivity index (χ4v) is 3.75. The van der Waals surface area contributed by atoms with Gasteiger partial charge in [0, 0.05) is 32.1 Å². The Balaban J connectivity index is 1.54. The molecule has 10 heteroatoms. The maximum absolute atomic E-state index is 12.5. The quantitative estimate of drug-likeness (QED) is 0.304. The van der Waals surface area contributed by atoms with E-state index in [1.807, 2.05) is 0 Å². The first-order valence-corrected chi connectivity index (χ1v) is 9.34. The zero-order chi connectivity index (χ0) is 21.1. The number of carbonyl (C=O) groups excluding carboxylic acids is 4. The molecule has 1 fully saturated rings. The van der Waals surface area contributed by atoms with Gasteiger partial charge in [0.05, 0.1) is 23.5 Å². The second-order valence-corrected chi connectivity index (χ2v) is 7.00. The van der Waals surface area contributed by atoms with Crippen molar-refractivity contribution in [3.63, 3.8) is 0 Å². The van der Waals surface area contributed by atoms with Crippen molar-refractivity contribution in [2.75, 3.05) is 26.7 Å². The number of likely N-dealkylation sites (tertiary alicyclic amines) is 1. The number of nitro benzene ring substituents is 1. The van der Waals surface area contributed by atoms with E-state index in [-0.39, 0.29) is 48.3 Å². The highest BCUT2D eigenvalue weighted by Gasteiger charge is 2.40. The summed E-state index contributed by atoms with van der Waals surface area (Å²) in [5.74, 6) is -1.87. The molecule has 154 valence electrons. The summed E-state index contributed by atoms with van der Waals surface area (Å²) in [6, 6.07) is 3.95. The summed E-state index contributed by atoms with van der Waals surface area (Å²) in [4.78, 5) is 61.9. The van der Waals surface area contributed by atoms with Crippen LogP contribution in [0.5, 0.6) is 0 Å². The number of esters is 1. The number of nitrogens with zero attached hydrogens (tertiary/aromatic N) is 3. The second kappa shape index (κ2) is 8.38. The van der Waals surface area contributed by atoms with E-state index in [9.17, 15) is 29.3 Å². The van der Waals surface area contributed by atoms with Gasteiger partial charge in [0.2, 0.25) is 5.91 Å². The maximum atomic E-state index is 12.5. The summed E-state index contributed by atoms with van der Waals surface area (Å²) in [7, 11) is 1.34. The standard InChI is InChI=1S/C19H21N3O7/c1-29-19(26)12-7-10-20(11-8-12)15(23)6-3-9-21-17(24)13-4-2-5-14(22(27)28)16(13)18(21)25/h2,4-5,12H,3,6-11H2,1H3. The Kier molecular flexibility index (Phi) is 5.90. The predicted octanol–water partition coefficient (Wildman–Crippen LogP) is 1.38. The van der Waals surface area contributed by atoms with Gasteiger partial charge in [-0.2, -0.15) is 0 Å². The van der Waals surface area contributed by atoms with Gasteiger partial charge in [-0.05, 0) is 25.3 Å². The maximum Gasteiger partial charge on any atom is 0.308 e. The van der Waals surface area contributed by atoms with Crippen molar-refractivity contribution in [2.24, 2.45) is 5.92 Å². The number of hydrogen-bond acceptors (Lipinski definition) is 7. The average Bonchev–Trinajstić information content (AvgIpc) is 2.98. The van der Waals surface area contributed by atoms with Crippen LogP contribution >= 0.6 is 0 Å². The van der Waals surface area contributed by atoms with E-state index in [1.165, 1.54) is 25.3 Å². The molecule has 0 aromatic heterocycles. The number of ether oxygens (including phenoxy) is 1. The molecule has 0 saturated carbocycles. The summed E-state index contributed by atoms with van der Waals surface area (Å²) >= 11 is 0. The van der Waals surface area contributed by atoms with E-state index in [4.69, 9.17) is 4.74 Å². The summed E-state index contributed by atoms with van der Waals surface area (Å²) in [6.07, 6.45) is 1.48. The van der Waals surface area contributed by atoms with Crippen LogP contribution < -0.4 is 0 Å². The van der Waals surface area contributed by atoms with Gasteiger partial charge in [0.25, 0.3) is 17.5 Å². The first-order chi connectivity index (χ1) is 13.8. The lowest BCUT2D eigenvalue weighted by molar-refractivity contribution is -0.385. The average molecular weight is 403 g/mol. The van der Waals surface area contributed by atoms with Gasteiger partial charge >= 0.3 is 5.97 Å². The monoisotopic (exact) mass is 403 g/mol. The second-order valence-electron chi connectivity index (χ2n) is 7.00. The molecular weight excluding hydrogens is 382 g/mol. The van der Waals surface area contributed by atoms with Gasteiger partial charge < -0.3 is 9.64 Å². The molecule has 0 radical (unpaired) electrons. The Morgan fingerprint density at radius 3 is 2.52 bits per heavy atom. The van der Waals surface area contributed by atoms with Crippen LogP contribution in [0.25, 0.3) is 0 Å². The zero-order valence-electron chi connectivity index (χ0n) is 16.0. The molecule has 3 rings (SSSR count). The van der Waals surface area contributed by atoms with Crippen LogP contribution in [0.1, 0.15) is 46.4 Å². The van der Waals surface area contributed by atoms with Gasteiger partial charge in [-0.15, -0.1) is 0 Å². The lowest BCUT2D eigenvalue weighted by Gasteiger charge is -2.30. The molecule has 0 spiro atoms. The molecule has 1 saturated heterocycles. The Labute approximate surface area is 166 Å². The van der Waals surface area contributed by atoms with Crippen LogP contribution in [0.4, 0.5) is 5.69 Å². The smallest absolute Gasteiger partial charge is 0.308 e. The van der Waals surface area contributed by atoms with Gasteiger partial charge in [-0.25, -0.2) is 0 Å². The lowest BCUT2D eigenvalue weighted by atomic mass is 9.97. The van der Waals surface area contributed by atoms with E-state index in [1.54, 1.807) is 4.90 Å². The van der Waals surface area contributed by atoms with E-state index in [2.05, 4.69) is 0 Å². The van der Waals surface area contributed by atoms with Crippen molar-refractivity contribution in [1.82, 2.24) is 9.80 Å². The Morgan fingerprint density at radius 1 is 1.21 bits per heavy atom. The SMILES string of the molecule is COC(=O)C1CCN(C(=O)CCCN2C(=O)c3cccc([N+](=O)[O-])c3C2=O)CC1. The Hall–Kier alpha value is -3.30. The normalized spacial score (nSPS) is 16.7. The van der Waals surface area contributed by atoms with E-state index < -0.39 is 22.4 Å². The zero-order valence-corrected chi connectivity index (χ0v) is 16.0. The van der Waals surface area contributed by atoms with E-state index >= 15 is 0 Å². The minimum atomic E-state index is -0.705. The summed E-state index contributed by atoms with van der Waals surface area (Å²) in [5.41, 5.74) is -0.577. The van der Waals surface area contributed by atoms with Crippen LogP contribution in [0.2, 0.25) is 0 Å². The number of amides is 3. The highest BCUT2D eigenvalue weighted by molar-refractivity contribution is 6.23. The number of carbonyl (C=O) groups is 4. The van der Waals surface area contributed by atoms with Gasteiger partial charge in [-0.1, -0.05) is 6.07 Å². The molecule has 2 heterocycles. The third-order valence-electron chi connectivity index (χ3n) is 5.33. The Bertz CT molecular complexity index is 875. The highest BCUT2D eigenvalue weighted by Crippen LogP contribution is 2.30. The van der Waals surface area contributed by atoms with Crippen LogP contribution in [-0.2, 0) is 14.3 Å². The molecule has 0 atom stereocenters. The predicted molar refractivity (Wildman–Crippen MR) is 99.0 cm³/mol. The fraction of sp³-hybridized carbons (Fsp3) is 0.474. The lowest BCUT2D eigenvalue weighted by Crippen LogP contribution is -2.40. The minimum absolute atomic E-state index is 0.00780. The number of methoxy groups -OCH3 is 1. The van der Waals surface area contributed by atoms with Crippen LogP contribution in [0, 0.1) is 16.0 Å². The van der Waals surface area contributed by atoms with Crippen LogP contribution in [-0.4, -0.2) is 65.2 Å². The molecule has 0 N–H and O–H groups in total. The topological polar surface area (TPSA) is 127 Å². The van der Waals surface area contributed by atoms with E-state index in [0.717, 1.165) is 4.90 Å². The van der Waals surface area contributed by atoms with E-state index in [0.29, 0.717) is 25.9 Å². The molecule has 29 heavy (non-hydrogen) atoms. The molecule has 3 amide bonds. The first-order valence-electron chi connectivity index (χ1n) is 9.34. The van der Waals surface area contributed by atoms with Gasteiger partial charge in [-0.3, -0.25) is 34.2 Å². The molecule has 0 bridgehead atoms. The number of benzene rings is 1. The fourth-order valence-electron chi connectivity index (χ4n) is 3.75. The van der Waals surface area contributed by atoms with Crippen molar-refractivity contribution >= 4 is 29.4 Å². The third kappa shape index (κ3) is 3.96. The molecule has 2 aliphatic heterocycles. The van der Waals surface area contributed by atoms with Crippen molar-refractivity contribution in [1.29, 1.82) is 0 Å². The van der Waals surface area contributed by atoms with Crippen molar-refractivity contribution < 1.29 is 28.8 Å². The first kappa shape index (κ1) is 20.4. The highest BCUT2D eigenvalue weighted by atomic mass is 16.6. The third-order valence-corrected chi connectivity index (χ3v) is 5.33. The molecular formula is C19H21N3O7. The number of piperidine rings is 1. The van der Waals surface area contributed by atoms with Crippen LogP contribution in [0.15, 0.2) is 18.2 Å². The molecule has 0 unspecified atom stereocenters. The number of fused-ring (bicyclic) bond motifs is 1. The molecule has 1 aromatic carbocycles. The summed E-state index contributed by atoms with van der Waals surface area (Å²) in [5, 5.41) is 11.1. The molecule has 10 nitrogen and oxygen atoms in total. The Morgan fingerprint density at radius 2 is 1.90 bits per heavy atom.